The Hall–Kier alpha value is -2.79. The third-order valence-corrected chi connectivity index (χ3v) is 3.73. The van der Waals surface area contributed by atoms with Crippen molar-refractivity contribution < 1.29 is 14.3 Å². The molecule has 3 rings (SSSR count). The molecule has 6 heteroatoms. The predicted molar refractivity (Wildman–Crippen MR) is 93.3 cm³/mol. The second-order valence-electron chi connectivity index (χ2n) is 5.32. The molecule has 0 aliphatic rings. The monoisotopic (exact) mass is 342 g/mol. The normalized spacial score (nSPS) is 11.9. The summed E-state index contributed by atoms with van der Waals surface area (Å²) in [7, 11) is 0. The van der Waals surface area contributed by atoms with E-state index in [-0.39, 0.29) is 0 Å². The molecule has 24 heavy (non-hydrogen) atoms. The highest BCUT2D eigenvalue weighted by Gasteiger charge is 2.20. The zero-order chi connectivity index (χ0) is 17.1. The molecule has 1 unspecified atom stereocenters. The van der Waals surface area contributed by atoms with Crippen molar-refractivity contribution >= 4 is 40.1 Å². The van der Waals surface area contributed by atoms with Crippen LogP contribution in [0.5, 0.6) is 0 Å². The average Bonchev–Trinajstić information content (AvgIpc) is 2.99. The quantitative estimate of drug-likeness (QED) is 0.704. The van der Waals surface area contributed by atoms with E-state index in [1.54, 1.807) is 30.3 Å². The van der Waals surface area contributed by atoms with Crippen LogP contribution in [0.1, 0.15) is 17.4 Å². The Morgan fingerprint density at radius 2 is 1.92 bits per heavy atom. The molecule has 2 aromatic carbocycles. The fourth-order valence-corrected chi connectivity index (χ4v) is 2.46. The molecule has 3 aromatic rings. The Balaban J connectivity index is 1.65. The molecule has 2 N–H and O–H groups in total. The molecule has 5 nitrogen and oxygen atoms in total. The number of benzene rings is 2. The number of carbonyl (C=O) groups excluding carboxylic acids is 2. The molecule has 1 atom stereocenters. The number of hydrogen-bond acceptors (Lipinski definition) is 3. The van der Waals surface area contributed by atoms with Crippen LogP contribution in [0.15, 0.2) is 54.6 Å². The molecule has 0 spiro atoms. The van der Waals surface area contributed by atoms with Crippen molar-refractivity contribution in [3.63, 3.8) is 0 Å². The second-order valence-corrected chi connectivity index (χ2v) is 5.75. The molecule has 122 valence electrons. The van der Waals surface area contributed by atoms with Crippen molar-refractivity contribution in [2.45, 2.75) is 13.0 Å². The van der Waals surface area contributed by atoms with Crippen molar-refractivity contribution in [2.75, 3.05) is 5.32 Å². The Kier molecular flexibility index (Phi) is 4.53. The highest BCUT2D eigenvalue weighted by Crippen LogP contribution is 2.17. The van der Waals surface area contributed by atoms with Gasteiger partial charge in [0, 0.05) is 21.6 Å². The number of esters is 1. The van der Waals surface area contributed by atoms with Gasteiger partial charge >= 0.3 is 5.97 Å². The first-order valence-electron chi connectivity index (χ1n) is 7.38. The van der Waals surface area contributed by atoms with E-state index in [4.69, 9.17) is 16.3 Å². The minimum absolute atomic E-state index is 0.304. The van der Waals surface area contributed by atoms with Gasteiger partial charge in [-0.05, 0) is 37.3 Å². The predicted octanol–water partition coefficient (Wildman–Crippen LogP) is 4.01. The van der Waals surface area contributed by atoms with E-state index in [1.807, 2.05) is 24.3 Å². The van der Waals surface area contributed by atoms with E-state index >= 15 is 0 Å². The van der Waals surface area contributed by atoms with Gasteiger partial charge in [0.2, 0.25) is 0 Å². The fourth-order valence-electron chi connectivity index (χ4n) is 2.27. The fraction of sp³-hybridized carbons (Fsp3) is 0.111. The third-order valence-electron chi connectivity index (χ3n) is 3.50. The number of para-hydroxylation sites is 1. The molecular weight excluding hydrogens is 328 g/mol. The van der Waals surface area contributed by atoms with Gasteiger partial charge in [-0.15, -0.1) is 0 Å². The van der Waals surface area contributed by atoms with E-state index in [0.29, 0.717) is 16.4 Å². The van der Waals surface area contributed by atoms with Gasteiger partial charge in [0.25, 0.3) is 5.91 Å². The lowest BCUT2D eigenvalue weighted by Gasteiger charge is -2.13. The summed E-state index contributed by atoms with van der Waals surface area (Å²) < 4.78 is 5.21. The summed E-state index contributed by atoms with van der Waals surface area (Å²) >= 11 is 5.87. The maximum Gasteiger partial charge on any atom is 0.355 e. The SMILES string of the molecule is CC(OC(=O)c1cc2ccccc2[nH]1)C(=O)Nc1cccc(Cl)c1. The first kappa shape index (κ1) is 16.1. The number of rotatable bonds is 4. The van der Waals surface area contributed by atoms with Crippen LogP contribution in [0.3, 0.4) is 0 Å². The molecule has 0 aliphatic heterocycles. The summed E-state index contributed by atoms with van der Waals surface area (Å²) in [4.78, 5) is 27.3. The number of fused-ring (bicyclic) bond motifs is 1. The summed E-state index contributed by atoms with van der Waals surface area (Å²) in [6.07, 6.45) is -0.942. The van der Waals surface area contributed by atoms with Gasteiger partial charge in [-0.1, -0.05) is 35.9 Å². The van der Waals surface area contributed by atoms with Gasteiger partial charge < -0.3 is 15.0 Å². The molecule has 1 heterocycles. The van der Waals surface area contributed by atoms with E-state index in [2.05, 4.69) is 10.3 Å². The number of anilines is 1. The third kappa shape index (κ3) is 3.58. The Morgan fingerprint density at radius 1 is 1.12 bits per heavy atom. The van der Waals surface area contributed by atoms with E-state index in [9.17, 15) is 9.59 Å². The highest BCUT2D eigenvalue weighted by atomic mass is 35.5. The maximum atomic E-state index is 12.2. The summed E-state index contributed by atoms with van der Waals surface area (Å²) in [5.74, 6) is -1.01. The number of H-pyrrole nitrogens is 1. The van der Waals surface area contributed by atoms with Crippen LogP contribution in [0.2, 0.25) is 5.02 Å². The standard InChI is InChI=1S/C18H15ClN2O3/c1-11(17(22)20-14-7-4-6-13(19)10-14)24-18(23)16-9-12-5-2-3-8-15(12)21-16/h2-11,21H,1H3,(H,20,22). The number of nitrogens with one attached hydrogen (secondary N) is 2. The van der Waals surface area contributed by atoms with Gasteiger partial charge in [0.15, 0.2) is 6.10 Å². The molecule has 0 saturated heterocycles. The number of aromatic nitrogens is 1. The molecule has 0 fully saturated rings. The van der Waals surface area contributed by atoms with Crippen LogP contribution in [0.4, 0.5) is 5.69 Å². The summed E-state index contributed by atoms with van der Waals surface area (Å²) in [5, 5.41) is 4.07. The van der Waals surface area contributed by atoms with Crippen molar-refractivity contribution in [1.82, 2.24) is 4.98 Å². The van der Waals surface area contributed by atoms with Gasteiger partial charge in [-0.25, -0.2) is 4.79 Å². The lowest BCUT2D eigenvalue weighted by Crippen LogP contribution is -2.30. The first-order chi connectivity index (χ1) is 11.5. The van der Waals surface area contributed by atoms with Gasteiger partial charge in [-0.2, -0.15) is 0 Å². The molecule has 1 aromatic heterocycles. The zero-order valence-corrected chi connectivity index (χ0v) is 13.6. The van der Waals surface area contributed by atoms with Crippen LogP contribution in [0, 0.1) is 0 Å². The minimum atomic E-state index is -0.942. The zero-order valence-electron chi connectivity index (χ0n) is 12.9. The van der Waals surface area contributed by atoms with Crippen molar-refractivity contribution in [3.8, 4) is 0 Å². The second kappa shape index (κ2) is 6.76. The average molecular weight is 343 g/mol. The van der Waals surface area contributed by atoms with E-state index in [1.165, 1.54) is 6.92 Å². The summed E-state index contributed by atoms with van der Waals surface area (Å²) in [6, 6.07) is 15.9. The van der Waals surface area contributed by atoms with Crippen LogP contribution < -0.4 is 5.32 Å². The molecule has 1 amide bonds. The molecule has 0 aliphatic carbocycles. The Labute approximate surface area is 143 Å². The topological polar surface area (TPSA) is 71.2 Å². The summed E-state index contributed by atoms with van der Waals surface area (Å²) in [5.41, 5.74) is 1.68. The van der Waals surface area contributed by atoms with Crippen LogP contribution >= 0.6 is 11.6 Å². The highest BCUT2D eigenvalue weighted by molar-refractivity contribution is 6.30. The minimum Gasteiger partial charge on any atom is -0.448 e. The summed E-state index contributed by atoms with van der Waals surface area (Å²) in [6.45, 7) is 1.51. The number of hydrogen-bond donors (Lipinski definition) is 2. The van der Waals surface area contributed by atoms with Crippen LogP contribution in [-0.2, 0) is 9.53 Å². The number of aromatic amines is 1. The Bertz CT molecular complexity index is 871. The number of halogens is 1. The maximum absolute atomic E-state index is 12.2. The lowest BCUT2D eigenvalue weighted by molar-refractivity contribution is -0.123. The van der Waals surface area contributed by atoms with E-state index in [0.717, 1.165) is 10.9 Å². The van der Waals surface area contributed by atoms with Crippen molar-refractivity contribution in [1.29, 1.82) is 0 Å². The molecule has 0 bridgehead atoms. The van der Waals surface area contributed by atoms with Gasteiger partial charge in [-0.3, -0.25) is 4.79 Å². The van der Waals surface area contributed by atoms with Crippen molar-refractivity contribution in [3.05, 3.63) is 65.3 Å². The van der Waals surface area contributed by atoms with Crippen LogP contribution in [-0.4, -0.2) is 23.0 Å². The lowest BCUT2D eigenvalue weighted by atomic mass is 10.2. The first-order valence-corrected chi connectivity index (χ1v) is 7.76. The van der Waals surface area contributed by atoms with Crippen LogP contribution in [0.25, 0.3) is 10.9 Å². The van der Waals surface area contributed by atoms with Gasteiger partial charge in [0.05, 0.1) is 0 Å². The molecule has 0 radical (unpaired) electrons. The van der Waals surface area contributed by atoms with Crippen molar-refractivity contribution in [2.24, 2.45) is 0 Å². The molecular formula is C18H15ClN2O3. The number of ether oxygens (including phenoxy) is 1. The number of carbonyl (C=O) groups is 2. The molecule has 0 saturated carbocycles. The van der Waals surface area contributed by atoms with E-state index < -0.39 is 18.0 Å². The van der Waals surface area contributed by atoms with Gasteiger partial charge in [0.1, 0.15) is 5.69 Å². The Morgan fingerprint density at radius 3 is 2.67 bits per heavy atom. The largest absolute Gasteiger partial charge is 0.448 e. The smallest absolute Gasteiger partial charge is 0.355 e. The number of amides is 1.